The van der Waals surface area contributed by atoms with E-state index in [1.165, 1.54) is 11.8 Å². The topological polar surface area (TPSA) is 44.1 Å². The van der Waals surface area contributed by atoms with Crippen molar-refractivity contribution in [1.29, 1.82) is 0 Å². The predicted octanol–water partition coefficient (Wildman–Crippen LogP) is 1.58. The fourth-order valence-corrected chi connectivity index (χ4v) is 1.33. The molecule has 1 aromatic carbocycles. The molecule has 4 nitrogen and oxygen atoms in total. The molecule has 0 radical (unpaired) electrons. The molecule has 2 rings (SSSR count). The van der Waals surface area contributed by atoms with E-state index >= 15 is 0 Å². The third kappa shape index (κ3) is 1.74. The van der Waals surface area contributed by atoms with Crippen LogP contribution in [0.15, 0.2) is 42.7 Å². The molecule has 15 heavy (non-hydrogen) atoms. The summed E-state index contributed by atoms with van der Waals surface area (Å²) in [6.45, 7) is 0. The monoisotopic (exact) mass is 202 g/mol. The second kappa shape index (κ2) is 3.96. The molecule has 76 valence electrons. The van der Waals surface area contributed by atoms with Crippen molar-refractivity contribution in [2.75, 3.05) is 7.11 Å². The maximum absolute atomic E-state index is 11.9. The van der Waals surface area contributed by atoms with Gasteiger partial charge in [0, 0.05) is 12.4 Å². The van der Waals surface area contributed by atoms with E-state index in [1.807, 2.05) is 6.07 Å². The summed E-state index contributed by atoms with van der Waals surface area (Å²) in [6.07, 6.45) is 3.17. The van der Waals surface area contributed by atoms with Crippen molar-refractivity contribution in [3.8, 4) is 5.75 Å². The third-order valence-corrected chi connectivity index (χ3v) is 2.05. The Kier molecular flexibility index (Phi) is 2.49. The minimum absolute atomic E-state index is 0.197. The largest absolute Gasteiger partial charge is 0.496 e. The maximum Gasteiger partial charge on any atom is 0.281 e. The van der Waals surface area contributed by atoms with Crippen LogP contribution in [-0.4, -0.2) is 22.8 Å². The molecule has 0 bridgehead atoms. The summed E-state index contributed by atoms with van der Waals surface area (Å²) >= 11 is 0. The second-order valence-electron chi connectivity index (χ2n) is 2.96. The average molecular weight is 202 g/mol. The van der Waals surface area contributed by atoms with Gasteiger partial charge in [-0.1, -0.05) is 12.1 Å². The Hall–Kier alpha value is -2.10. The van der Waals surface area contributed by atoms with Crippen LogP contribution >= 0.6 is 0 Å². The Balaban J connectivity index is 2.42. The molecule has 0 unspecified atom stereocenters. The molecule has 2 aromatic rings. The van der Waals surface area contributed by atoms with Crippen LogP contribution in [0.4, 0.5) is 0 Å². The van der Waals surface area contributed by atoms with Crippen LogP contribution in [0, 0.1) is 0 Å². The number of hydrogen-bond acceptors (Lipinski definition) is 3. The number of hydrogen-bond donors (Lipinski definition) is 0. The van der Waals surface area contributed by atoms with Gasteiger partial charge in [0.1, 0.15) is 5.75 Å². The molecule has 1 heterocycles. The average Bonchev–Trinajstić information content (AvgIpc) is 2.81. The van der Waals surface area contributed by atoms with Gasteiger partial charge in [-0.05, 0) is 18.2 Å². The summed E-state index contributed by atoms with van der Waals surface area (Å²) in [4.78, 5) is 11.9. The quantitative estimate of drug-likeness (QED) is 0.742. The molecule has 0 amide bonds. The summed E-state index contributed by atoms with van der Waals surface area (Å²) in [5.41, 5.74) is 0.503. The number of aromatic nitrogens is 2. The molecule has 0 aliphatic carbocycles. The van der Waals surface area contributed by atoms with E-state index in [1.54, 1.807) is 36.7 Å². The van der Waals surface area contributed by atoms with Crippen molar-refractivity contribution in [3.05, 3.63) is 48.3 Å². The highest BCUT2D eigenvalue weighted by Crippen LogP contribution is 2.17. The van der Waals surface area contributed by atoms with Gasteiger partial charge in [0.25, 0.3) is 5.91 Å². The Labute approximate surface area is 87.1 Å². The second-order valence-corrected chi connectivity index (χ2v) is 2.96. The maximum atomic E-state index is 11.9. The molecule has 0 saturated carbocycles. The van der Waals surface area contributed by atoms with Crippen LogP contribution < -0.4 is 4.74 Å². The Morgan fingerprint density at radius 3 is 2.80 bits per heavy atom. The van der Waals surface area contributed by atoms with E-state index in [0.29, 0.717) is 11.3 Å². The van der Waals surface area contributed by atoms with Crippen LogP contribution in [0.1, 0.15) is 10.4 Å². The minimum Gasteiger partial charge on any atom is -0.496 e. The first-order valence-corrected chi connectivity index (χ1v) is 4.50. The Morgan fingerprint density at radius 1 is 1.33 bits per heavy atom. The van der Waals surface area contributed by atoms with Gasteiger partial charge < -0.3 is 4.74 Å². The molecule has 0 aliphatic heterocycles. The van der Waals surface area contributed by atoms with Gasteiger partial charge in [0.05, 0.1) is 12.7 Å². The summed E-state index contributed by atoms with van der Waals surface area (Å²) in [7, 11) is 1.54. The molecule has 0 atom stereocenters. The van der Waals surface area contributed by atoms with Crippen molar-refractivity contribution in [1.82, 2.24) is 9.78 Å². The van der Waals surface area contributed by atoms with Gasteiger partial charge >= 0.3 is 0 Å². The van der Waals surface area contributed by atoms with Crippen molar-refractivity contribution in [2.24, 2.45) is 0 Å². The molecule has 4 heteroatoms. The number of carbonyl (C=O) groups is 1. The van der Waals surface area contributed by atoms with Crippen molar-refractivity contribution in [3.63, 3.8) is 0 Å². The number of rotatable bonds is 2. The number of nitrogens with zero attached hydrogens (tertiary/aromatic N) is 2. The van der Waals surface area contributed by atoms with Crippen LogP contribution in [-0.2, 0) is 0 Å². The third-order valence-electron chi connectivity index (χ3n) is 2.05. The fraction of sp³-hybridized carbons (Fsp3) is 0.0909. The highest BCUT2D eigenvalue weighted by atomic mass is 16.5. The number of ether oxygens (including phenoxy) is 1. The highest BCUT2D eigenvalue weighted by Gasteiger charge is 2.12. The van der Waals surface area contributed by atoms with Crippen LogP contribution in [0.5, 0.6) is 5.75 Å². The van der Waals surface area contributed by atoms with Crippen molar-refractivity contribution in [2.45, 2.75) is 0 Å². The zero-order chi connectivity index (χ0) is 10.7. The molecule has 1 aromatic heterocycles. The number of benzene rings is 1. The van der Waals surface area contributed by atoms with Gasteiger partial charge in [-0.25, -0.2) is 4.68 Å². The standard InChI is InChI=1S/C11H10N2O2/c1-15-10-6-3-2-5-9(10)11(14)13-8-4-7-12-13/h2-8H,1H3. The first-order valence-electron chi connectivity index (χ1n) is 4.50. The summed E-state index contributed by atoms with van der Waals surface area (Å²) in [6, 6.07) is 8.77. The van der Waals surface area contributed by atoms with E-state index in [0.717, 1.165) is 0 Å². The first kappa shape index (κ1) is 9.45. The van der Waals surface area contributed by atoms with Crippen LogP contribution in [0.25, 0.3) is 0 Å². The van der Waals surface area contributed by atoms with E-state index in [-0.39, 0.29) is 5.91 Å². The number of methoxy groups -OCH3 is 1. The van der Waals surface area contributed by atoms with E-state index in [4.69, 9.17) is 4.74 Å². The highest BCUT2D eigenvalue weighted by molar-refractivity contribution is 5.97. The molecule has 0 fully saturated rings. The molecule has 0 spiro atoms. The van der Waals surface area contributed by atoms with Crippen molar-refractivity contribution < 1.29 is 9.53 Å². The van der Waals surface area contributed by atoms with E-state index in [2.05, 4.69) is 5.10 Å². The zero-order valence-corrected chi connectivity index (χ0v) is 8.25. The lowest BCUT2D eigenvalue weighted by Crippen LogP contribution is -2.13. The Bertz CT molecular complexity index is 463. The number of para-hydroxylation sites is 1. The van der Waals surface area contributed by atoms with E-state index in [9.17, 15) is 4.79 Å². The Morgan fingerprint density at radius 2 is 2.13 bits per heavy atom. The molecular formula is C11H10N2O2. The first-order chi connectivity index (χ1) is 7.33. The molecule has 0 N–H and O–H groups in total. The summed E-state index contributed by atoms with van der Waals surface area (Å²) in [5, 5.41) is 3.88. The molecule has 0 aliphatic rings. The summed E-state index contributed by atoms with van der Waals surface area (Å²) < 4.78 is 6.38. The predicted molar refractivity (Wildman–Crippen MR) is 54.9 cm³/mol. The van der Waals surface area contributed by atoms with Gasteiger partial charge in [-0.15, -0.1) is 0 Å². The molecule has 0 saturated heterocycles. The lowest BCUT2D eigenvalue weighted by Gasteiger charge is -2.06. The minimum atomic E-state index is -0.197. The molecular weight excluding hydrogens is 192 g/mol. The van der Waals surface area contributed by atoms with Gasteiger partial charge in [-0.3, -0.25) is 4.79 Å². The lowest BCUT2D eigenvalue weighted by molar-refractivity contribution is 0.0942. The SMILES string of the molecule is COc1ccccc1C(=O)n1cccn1. The van der Waals surface area contributed by atoms with E-state index < -0.39 is 0 Å². The lowest BCUT2D eigenvalue weighted by atomic mass is 10.2. The smallest absolute Gasteiger partial charge is 0.281 e. The fourth-order valence-electron chi connectivity index (χ4n) is 1.33. The van der Waals surface area contributed by atoms with Crippen LogP contribution in [0.3, 0.4) is 0 Å². The van der Waals surface area contributed by atoms with Gasteiger partial charge in [-0.2, -0.15) is 5.10 Å². The van der Waals surface area contributed by atoms with Crippen molar-refractivity contribution >= 4 is 5.91 Å². The number of carbonyl (C=O) groups excluding carboxylic acids is 1. The van der Waals surface area contributed by atoms with Crippen LogP contribution in [0.2, 0.25) is 0 Å². The zero-order valence-electron chi connectivity index (χ0n) is 8.25. The van der Waals surface area contributed by atoms with Gasteiger partial charge in [0.2, 0.25) is 0 Å². The normalized spacial score (nSPS) is 9.93. The summed E-state index contributed by atoms with van der Waals surface area (Å²) in [5.74, 6) is 0.357. The van der Waals surface area contributed by atoms with Gasteiger partial charge in [0.15, 0.2) is 0 Å².